The molecule has 6 rings (SSSR count). The largest absolute Gasteiger partial charge is 0.453 e. The highest BCUT2D eigenvalue weighted by molar-refractivity contribution is 6.14. The summed E-state index contributed by atoms with van der Waals surface area (Å²) in [5, 5.41) is 5.19. The van der Waals surface area contributed by atoms with Crippen molar-refractivity contribution in [3.63, 3.8) is 0 Å². The number of nitrogens with zero attached hydrogens (tertiary/aromatic N) is 1. The van der Waals surface area contributed by atoms with Gasteiger partial charge in [-0.25, -0.2) is 0 Å². The number of hydrogen-bond donors (Lipinski definition) is 2. The molecule has 39 heavy (non-hydrogen) atoms. The molecule has 6 nitrogen and oxygen atoms in total. The molecule has 6 heteroatoms. The Labute approximate surface area is 228 Å². The topological polar surface area (TPSA) is 78.3 Å². The minimum atomic E-state index is -0.163. The maximum Gasteiger partial charge on any atom is 0.196 e. The molecule has 2 heterocycles. The summed E-state index contributed by atoms with van der Waals surface area (Å²) in [6.45, 7) is 14.8. The van der Waals surface area contributed by atoms with Crippen LogP contribution in [0, 0.1) is 5.41 Å². The molecule has 2 N–H and O–H groups in total. The summed E-state index contributed by atoms with van der Waals surface area (Å²) in [4.78, 5) is 33.6. The number of fused-ring (bicyclic) bond motifs is 5. The van der Waals surface area contributed by atoms with Crippen molar-refractivity contribution in [1.29, 1.82) is 0 Å². The zero-order valence-electron chi connectivity index (χ0n) is 23.5. The molecule has 4 aromatic carbocycles. The van der Waals surface area contributed by atoms with Gasteiger partial charge in [0.1, 0.15) is 0 Å². The minimum absolute atomic E-state index is 0.0314. The quantitative estimate of drug-likeness (QED) is 0.201. The van der Waals surface area contributed by atoms with Crippen molar-refractivity contribution in [3.8, 4) is 0 Å². The average molecular weight is 524 g/mol. The molecule has 0 spiro atoms. The molecule has 1 aliphatic rings. The molecule has 1 aliphatic heterocycles. The molecule has 0 radical (unpaired) electrons. The zero-order valence-corrected chi connectivity index (χ0v) is 23.5. The van der Waals surface area contributed by atoms with Crippen molar-refractivity contribution in [2.24, 2.45) is 5.41 Å². The van der Waals surface area contributed by atoms with Gasteiger partial charge in [-0.2, -0.15) is 0 Å². The van der Waals surface area contributed by atoms with Crippen molar-refractivity contribution in [2.75, 3.05) is 31.5 Å². The highest BCUT2D eigenvalue weighted by Crippen LogP contribution is 2.33. The normalized spacial score (nSPS) is 16.4. The van der Waals surface area contributed by atoms with Crippen LogP contribution < -0.4 is 16.2 Å². The molecule has 1 fully saturated rings. The second-order valence-corrected chi connectivity index (χ2v) is 12.9. The minimum Gasteiger partial charge on any atom is -0.453 e. The van der Waals surface area contributed by atoms with E-state index in [1.54, 1.807) is 18.2 Å². The van der Waals surface area contributed by atoms with Crippen molar-refractivity contribution < 1.29 is 4.42 Å². The average Bonchev–Trinajstić information content (AvgIpc) is 2.88. The van der Waals surface area contributed by atoms with Gasteiger partial charge in [-0.1, -0.05) is 65.0 Å². The van der Waals surface area contributed by atoms with Crippen LogP contribution in [0.2, 0.25) is 0 Å². The number of nitrogens with one attached hydrogen (secondary N) is 2. The van der Waals surface area contributed by atoms with Crippen LogP contribution in [0.25, 0.3) is 43.7 Å². The van der Waals surface area contributed by atoms with Gasteiger partial charge >= 0.3 is 0 Å². The SMILES string of the molecule is CC1(C)CCCN(CCNc2cc3oc4cc(C(C)(C)C)ccc4[nH]c3c3c(=O)c4ccccc4c(=O)c23)C1. The van der Waals surface area contributed by atoms with Crippen LogP contribution in [0.15, 0.2) is 62.5 Å². The van der Waals surface area contributed by atoms with E-state index in [-0.39, 0.29) is 16.3 Å². The predicted molar refractivity (Wildman–Crippen MR) is 162 cm³/mol. The maximum atomic E-state index is 13.9. The molecule has 1 saturated heterocycles. The van der Waals surface area contributed by atoms with Gasteiger partial charge in [0.05, 0.1) is 27.5 Å². The smallest absolute Gasteiger partial charge is 0.196 e. The van der Waals surface area contributed by atoms with E-state index in [9.17, 15) is 9.59 Å². The molecule has 1 aromatic heterocycles. The number of rotatable bonds is 4. The lowest BCUT2D eigenvalue weighted by molar-refractivity contribution is 0.122. The van der Waals surface area contributed by atoms with Crippen molar-refractivity contribution in [1.82, 2.24) is 9.88 Å². The number of likely N-dealkylation sites (tertiary alicyclic amines) is 1. The monoisotopic (exact) mass is 523 g/mol. The Bertz CT molecular complexity index is 1860. The predicted octanol–water partition coefficient (Wildman–Crippen LogP) is 6.77. The first kappa shape index (κ1) is 25.6. The van der Waals surface area contributed by atoms with Gasteiger partial charge in [0.25, 0.3) is 0 Å². The molecule has 0 atom stereocenters. The number of aromatic amines is 1. The Balaban J connectivity index is 1.54. The zero-order chi connectivity index (χ0) is 27.5. The Hall–Kier alpha value is -3.64. The Morgan fingerprint density at radius 2 is 1.69 bits per heavy atom. The standard InChI is InChI=1S/C33H37N3O3/c1-32(2,3)20-11-12-23-25(17-20)39-26-18-24(34-14-16-36-15-8-13-33(4,5)19-36)27-28(29(26)35-23)31(38)22-10-7-6-9-21(22)30(27)37/h6-7,9-12,17-18,34-35H,8,13-16,19H2,1-5H3. The van der Waals surface area contributed by atoms with E-state index in [1.165, 1.54) is 12.8 Å². The number of hydrogen-bond acceptors (Lipinski definition) is 5. The lowest BCUT2D eigenvalue weighted by Gasteiger charge is -2.38. The summed E-state index contributed by atoms with van der Waals surface area (Å²) in [6.07, 6.45) is 2.44. The Morgan fingerprint density at radius 3 is 2.38 bits per heavy atom. The van der Waals surface area contributed by atoms with Gasteiger partial charge in [0.2, 0.25) is 0 Å². The summed E-state index contributed by atoms with van der Waals surface area (Å²) in [6, 6.07) is 15.1. The van der Waals surface area contributed by atoms with E-state index >= 15 is 0 Å². The second-order valence-electron chi connectivity index (χ2n) is 12.9. The summed E-state index contributed by atoms with van der Waals surface area (Å²) in [5.74, 6) is 0. The van der Waals surface area contributed by atoms with Crippen molar-refractivity contribution in [3.05, 3.63) is 74.5 Å². The van der Waals surface area contributed by atoms with Gasteiger partial charge in [-0.05, 0) is 47.9 Å². The second kappa shape index (κ2) is 9.23. The Morgan fingerprint density at radius 1 is 0.974 bits per heavy atom. The van der Waals surface area contributed by atoms with Gasteiger partial charge in [-0.3, -0.25) is 9.59 Å². The lowest BCUT2D eigenvalue weighted by Crippen LogP contribution is -2.42. The molecule has 202 valence electrons. The fourth-order valence-electron chi connectivity index (χ4n) is 6.13. The molecule has 0 bridgehead atoms. The van der Waals surface area contributed by atoms with Gasteiger partial charge in [0.15, 0.2) is 22.0 Å². The van der Waals surface area contributed by atoms with Crippen LogP contribution in [0.5, 0.6) is 0 Å². The first-order valence-corrected chi connectivity index (χ1v) is 14.0. The molecule has 0 unspecified atom stereocenters. The van der Waals surface area contributed by atoms with E-state index < -0.39 is 0 Å². The highest BCUT2D eigenvalue weighted by atomic mass is 16.3. The van der Waals surface area contributed by atoms with Gasteiger partial charge in [-0.15, -0.1) is 0 Å². The molecule has 5 aromatic rings. The maximum absolute atomic E-state index is 13.9. The fourth-order valence-corrected chi connectivity index (χ4v) is 6.13. The van der Waals surface area contributed by atoms with E-state index in [2.05, 4.69) is 62.0 Å². The summed E-state index contributed by atoms with van der Waals surface area (Å²) >= 11 is 0. The lowest BCUT2D eigenvalue weighted by atomic mass is 9.84. The number of H-pyrrole nitrogens is 1. The molecular weight excluding hydrogens is 486 g/mol. The number of benzene rings is 4. The first-order valence-electron chi connectivity index (χ1n) is 14.0. The number of piperidine rings is 1. The van der Waals surface area contributed by atoms with Crippen LogP contribution in [-0.2, 0) is 5.41 Å². The van der Waals surface area contributed by atoms with Crippen LogP contribution in [0.1, 0.15) is 53.0 Å². The molecule has 0 aliphatic carbocycles. The van der Waals surface area contributed by atoms with E-state index in [0.717, 1.165) is 30.7 Å². The summed E-state index contributed by atoms with van der Waals surface area (Å²) in [7, 11) is 0. The highest BCUT2D eigenvalue weighted by Gasteiger charge is 2.26. The molecule has 0 amide bonds. The van der Waals surface area contributed by atoms with Crippen molar-refractivity contribution >= 4 is 49.4 Å². The number of aromatic nitrogens is 1. The molecular formula is C33H37N3O3. The summed E-state index contributed by atoms with van der Waals surface area (Å²) in [5.41, 5.74) is 4.38. The van der Waals surface area contributed by atoms with Crippen LogP contribution in [0.3, 0.4) is 0 Å². The number of anilines is 1. The van der Waals surface area contributed by atoms with Crippen LogP contribution >= 0.6 is 0 Å². The van der Waals surface area contributed by atoms with E-state index in [4.69, 9.17) is 4.42 Å². The third-order valence-corrected chi connectivity index (χ3v) is 8.21. The summed E-state index contributed by atoms with van der Waals surface area (Å²) < 4.78 is 6.44. The van der Waals surface area contributed by atoms with Crippen LogP contribution in [0.4, 0.5) is 5.69 Å². The van der Waals surface area contributed by atoms with Gasteiger partial charge < -0.3 is 19.6 Å². The van der Waals surface area contributed by atoms with Crippen LogP contribution in [-0.4, -0.2) is 36.1 Å². The van der Waals surface area contributed by atoms with E-state index in [1.807, 2.05) is 18.2 Å². The van der Waals surface area contributed by atoms with Crippen molar-refractivity contribution in [2.45, 2.75) is 52.9 Å². The first-order chi connectivity index (χ1) is 18.5. The third kappa shape index (κ3) is 4.61. The van der Waals surface area contributed by atoms with E-state index in [0.29, 0.717) is 55.9 Å². The van der Waals surface area contributed by atoms with Gasteiger partial charge in [0, 0.05) is 36.5 Å². The Kier molecular flexibility index (Phi) is 6.07. The fraction of sp³-hybridized carbons (Fsp3) is 0.394. The third-order valence-electron chi connectivity index (χ3n) is 8.21. The molecule has 0 saturated carbocycles.